The van der Waals surface area contributed by atoms with E-state index in [0.29, 0.717) is 24.1 Å². The minimum absolute atomic E-state index is 0.0242. The second-order valence-electron chi connectivity index (χ2n) is 8.72. The van der Waals surface area contributed by atoms with Gasteiger partial charge in [-0.1, -0.05) is 18.2 Å². The number of likely N-dealkylation sites (tertiary alicyclic amines) is 1. The molecule has 14 heteroatoms. The molecule has 2 heterocycles. The number of carbonyl (C=O) groups excluding carboxylic acids is 3. The van der Waals surface area contributed by atoms with Crippen molar-refractivity contribution in [2.24, 2.45) is 5.92 Å². The topological polar surface area (TPSA) is 191 Å². The number of nitrogens with one attached hydrogen (secondary N) is 4. The molecule has 200 valence electrons. The van der Waals surface area contributed by atoms with E-state index in [4.69, 9.17) is 0 Å². The highest BCUT2D eigenvalue weighted by Crippen LogP contribution is 2.19. The molecular weight excluding hydrogens is 504 g/mol. The number of aryl methyl sites for hydroxylation is 1. The molecule has 1 aliphatic rings. The smallest absolute Gasteiger partial charge is 0.331 e. The summed E-state index contributed by atoms with van der Waals surface area (Å²) < 4.78 is 27.2. The van der Waals surface area contributed by atoms with Crippen LogP contribution in [0, 0.1) is 12.8 Å². The molecule has 0 saturated carbocycles. The summed E-state index contributed by atoms with van der Waals surface area (Å²) in [6.07, 6.45) is 3.50. The Morgan fingerprint density at radius 1 is 1.19 bits per heavy atom. The van der Waals surface area contributed by atoms with E-state index in [-0.39, 0.29) is 43.3 Å². The highest BCUT2D eigenvalue weighted by Gasteiger charge is 2.30. The third-order valence-electron chi connectivity index (χ3n) is 6.02. The van der Waals surface area contributed by atoms with Crippen molar-refractivity contribution in [3.63, 3.8) is 0 Å². The van der Waals surface area contributed by atoms with Gasteiger partial charge in [-0.05, 0) is 31.4 Å². The Kier molecular flexibility index (Phi) is 9.22. The van der Waals surface area contributed by atoms with Crippen LogP contribution < -0.4 is 15.4 Å². The van der Waals surface area contributed by atoms with Crippen LogP contribution in [0.15, 0.2) is 41.7 Å². The fourth-order valence-electron chi connectivity index (χ4n) is 3.96. The molecule has 0 radical (unpaired) electrons. The van der Waals surface area contributed by atoms with Crippen molar-refractivity contribution in [2.75, 3.05) is 19.6 Å². The first-order chi connectivity index (χ1) is 17.6. The molecule has 13 nitrogen and oxygen atoms in total. The Balaban J connectivity index is 1.39. The van der Waals surface area contributed by atoms with E-state index in [1.165, 1.54) is 23.5 Å². The number of aliphatic carboxylic acids is 1. The second-order valence-corrected chi connectivity index (χ2v) is 10.4. The molecule has 1 saturated heterocycles. The standard InChI is InChI=1S/C23H30N6O7S/c1-15-4-2-3-5-19(15)37(35,36)28-23(34)29-10-7-16(8-11-29)21(31)25-9-6-20(30)27-18(22(32)33)12-17-13-24-14-26-17/h2-5,13-14,16,18H,6-12H2,1H3,(H,24,26)(H,25,31)(H,27,30)(H,28,34)(H,32,33)/t18-/m0/s1. The largest absolute Gasteiger partial charge is 0.480 e. The fourth-order valence-corrected chi connectivity index (χ4v) is 5.18. The Labute approximate surface area is 214 Å². The van der Waals surface area contributed by atoms with Gasteiger partial charge in [-0.15, -0.1) is 0 Å². The molecule has 0 unspecified atom stereocenters. The number of rotatable bonds is 10. The van der Waals surface area contributed by atoms with E-state index in [1.807, 2.05) is 0 Å². The van der Waals surface area contributed by atoms with Crippen molar-refractivity contribution in [1.82, 2.24) is 30.2 Å². The molecule has 2 aromatic rings. The van der Waals surface area contributed by atoms with Crippen LogP contribution in [-0.4, -0.2) is 77.9 Å². The van der Waals surface area contributed by atoms with Gasteiger partial charge in [0.05, 0.1) is 11.2 Å². The molecule has 1 aromatic carbocycles. The summed E-state index contributed by atoms with van der Waals surface area (Å²) in [5.74, 6) is -2.39. The van der Waals surface area contributed by atoms with Gasteiger partial charge in [0, 0.05) is 50.3 Å². The maximum absolute atomic E-state index is 12.5. The lowest BCUT2D eigenvalue weighted by Gasteiger charge is -2.31. The van der Waals surface area contributed by atoms with Crippen LogP contribution in [0.2, 0.25) is 0 Å². The third kappa shape index (κ3) is 7.77. The molecule has 1 aliphatic heterocycles. The molecule has 1 aromatic heterocycles. The van der Waals surface area contributed by atoms with E-state index in [9.17, 15) is 32.7 Å². The Hall–Kier alpha value is -3.94. The minimum atomic E-state index is -4.02. The van der Waals surface area contributed by atoms with E-state index >= 15 is 0 Å². The van der Waals surface area contributed by atoms with Gasteiger partial charge >= 0.3 is 12.0 Å². The van der Waals surface area contributed by atoms with Crippen LogP contribution in [0.1, 0.15) is 30.5 Å². The molecule has 1 fully saturated rings. The number of sulfonamides is 1. The first kappa shape index (κ1) is 27.6. The maximum Gasteiger partial charge on any atom is 0.331 e. The lowest BCUT2D eigenvalue weighted by Crippen LogP contribution is -2.48. The van der Waals surface area contributed by atoms with Crippen molar-refractivity contribution in [2.45, 2.75) is 43.5 Å². The lowest BCUT2D eigenvalue weighted by molar-refractivity contribution is -0.141. The van der Waals surface area contributed by atoms with E-state index in [0.717, 1.165) is 0 Å². The lowest BCUT2D eigenvalue weighted by atomic mass is 9.96. The number of urea groups is 1. The predicted octanol–water partition coefficient (Wildman–Crippen LogP) is 0.147. The van der Waals surface area contributed by atoms with Crippen LogP contribution in [0.25, 0.3) is 0 Å². The van der Waals surface area contributed by atoms with Gasteiger partial charge in [0.25, 0.3) is 10.0 Å². The van der Waals surface area contributed by atoms with Crippen LogP contribution in [0.4, 0.5) is 4.79 Å². The summed E-state index contributed by atoms with van der Waals surface area (Å²) in [5, 5.41) is 14.4. The van der Waals surface area contributed by atoms with Crippen molar-refractivity contribution < 1.29 is 32.7 Å². The first-order valence-corrected chi connectivity index (χ1v) is 13.2. The molecule has 3 rings (SSSR count). The van der Waals surface area contributed by atoms with Gasteiger partial charge in [0.1, 0.15) is 6.04 Å². The van der Waals surface area contributed by atoms with E-state index in [2.05, 4.69) is 25.3 Å². The monoisotopic (exact) mass is 534 g/mol. The van der Waals surface area contributed by atoms with Crippen LogP contribution in [0.3, 0.4) is 0 Å². The molecule has 0 spiro atoms. The normalized spacial score (nSPS) is 15.0. The zero-order valence-electron chi connectivity index (χ0n) is 20.3. The van der Waals surface area contributed by atoms with E-state index in [1.54, 1.807) is 25.1 Å². The zero-order chi connectivity index (χ0) is 27.0. The van der Waals surface area contributed by atoms with Crippen LogP contribution in [-0.2, 0) is 30.8 Å². The van der Waals surface area contributed by atoms with Crippen molar-refractivity contribution in [3.8, 4) is 0 Å². The SMILES string of the molecule is Cc1ccccc1S(=O)(=O)NC(=O)N1CCC(C(=O)NCCC(=O)N[C@@H](Cc2cnc[nH]2)C(=O)O)CC1. The Bertz CT molecular complexity index is 1220. The summed E-state index contributed by atoms with van der Waals surface area (Å²) in [4.78, 5) is 56.5. The summed E-state index contributed by atoms with van der Waals surface area (Å²) in [6.45, 7) is 2.05. The number of aromatic nitrogens is 2. The first-order valence-electron chi connectivity index (χ1n) is 11.7. The number of nitrogens with zero attached hydrogens (tertiary/aromatic N) is 2. The van der Waals surface area contributed by atoms with Gasteiger partial charge in [-0.2, -0.15) is 0 Å². The van der Waals surface area contributed by atoms with Crippen molar-refractivity contribution >= 4 is 33.8 Å². The quantitative estimate of drug-likeness (QED) is 0.284. The summed E-state index contributed by atoms with van der Waals surface area (Å²) in [7, 11) is -4.02. The van der Waals surface area contributed by atoms with Gasteiger partial charge < -0.3 is 25.6 Å². The molecule has 4 amide bonds. The Morgan fingerprint density at radius 3 is 2.51 bits per heavy atom. The Morgan fingerprint density at radius 2 is 1.89 bits per heavy atom. The van der Waals surface area contributed by atoms with Crippen molar-refractivity contribution in [1.29, 1.82) is 0 Å². The van der Waals surface area contributed by atoms with Crippen LogP contribution in [0.5, 0.6) is 0 Å². The molecule has 37 heavy (non-hydrogen) atoms. The zero-order valence-corrected chi connectivity index (χ0v) is 21.1. The summed E-state index contributed by atoms with van der Waals surface area (Å²) in [6, 6.07) is 4.46. The summed E-state index contributed by atoms with van der Waals surface area (Å²) in [5.41, 5.74) is 1.08. The average Bonchev–Trinajstić information content (AvgIpc) is 3.36. The molecule has 1 atom stereocenters. The average molecular weight is 535 g/mol. The number of hydrogen-bond acceptors (Lipinski definition) is 7. The van der Waals surface area contributed by atoms with Gasteiger partial charge in [0.2, 0.25) is 11.8 Å². The molecule has 0 aliphatic carbocycles. The number of hydrogen-bond donors (Lipinski definition) is 5. The van der Waals surface area contributed by atoms with Gasteiger partial charge in [-0.3, -0.25) is 9.59 Å². The third-order valence-corrected chi connectivity index (χ3v) is 7.50. The minimum Gasteiger partial charge on any atom is -0.480 e. The fraction of sp³-hybridized carbons (Fsp3) is 0.435. The summed E-state index contributed by atoms with van der Waals surface area (Å²) >= 11 is 0. The molecular formula is C23H30N6O7S. The van der Waals surface area contributed by atoms with Gasteiger partial charge in [-0.25, -0.2) is 27.7 Å². The highest BCUT2D eigenvalue weighted by atomic mass is 32.2. The molecule has 0 bridgehead atoms. The number of aromatic amines is 1. The number of carboxylic acids is 1. The number of amides is 4. The molecule has 5 N–H and O–H groups in total. The highest BCUT2D eigenvalue weighted by molar-refractivity contribution is 7.90. The number of H-pyrrole nitrogens is 1. The second kappa shape index (κ2) is 12.3. The number of imidazole rings is 1. The number of benzene rings is 1. The number of piperidine rings is 1. The van der Waals surface area contributed by atoms with Crippen LogP contribution >= 0.6 is 0 Å². The number of carboxylic acid groups (broad SMARTS) is 1. The maximum atomic E-state index is 12.5. The van der Waals surface area contributed by atoms with Gasteiger partial charge in [0.15, 0.2) is 0 Å². The predicted molar refractivity (Wildman–Crippen MR) is 131 cm³/mol. The number of carbonyl (C=O) groups is 4. The van der Waals surface area contributed by atoms with E-state index < -0.39 is 39.9 Å². The van der Waals surface area contributed by atoms with Crippen molar-refractivity contribution in [3.05, 3.63) is 48.0 Å².